The minimum Gasteiger partial charge on any atom is -0.378 e. The minimum atomic E-state index is -0.266. The predicted molar refractivity (Wildman–Crippen MR) is 102 cm³/mol. The number of morpholine rings is 1. The summed E-state index contributed by atoms with van der Waals surface area (Å²) >= 11 is 0. The van der Waals surface area contributed by atoms with Crippen molar-refractivity contribution in [2.24, 2.45) is 0 Å². The number of aromatic nitrogens is 2. The van der Waals surface area contributed by atoms with Gasteiger partial charge in [0, 0.05) is 39.2 Å². The number of piperidine rings is 1. The second kappa shape index (κ2) is 9.15. The van der Waals surface area contributed by atoms with E-state index < -0.39 is 0 Å². The average Bonchev–Trinajstić information content (AvgIpc) is 2.79. The smallest absolute Gasteiger partial charge is 0.255 e. The summed E-state index contributed by atoms with van der Waals surface area (Å²) in [5.41, 5.74) is 0.293. The highest BCUT2D eigenvalue weighted by molar-refractivity contribution is 5.93. The van der Waals surface area contributed by atoms with E-state index in [4.69, 9.17) is 14.2 Å². The molecular formula is C20H28N4O5. The van der Waals surface area contributed by atoms with Crippen molar-refractivity contribution in [1.29, 1.82) is 0 Å². The molecule has 0 radical (unpaired) electrons. The van der Waals surface area contributed by atoms with Crippen molar-refractivity contribution in [3.63, 3.8) is 0 Å². The molecule has 2 amide bonds. The van der Waals surface area contributed by atoms with Gasteiger partial charge in [0.05, 0.1) is 42.9 Å². The molecule has 1 aromatic rings. The molecule has 1 unspecified atom stereocenters. The molecule has 158 valence electrons. The number of likely N-dealkylation sites (tertiary alicyclic amines) is 1. The fourth-order valence-corrected chi connectivity index (χ4v) is 4.28. The number of amides is 2. The van der Waals surface area contributed by atoms with Crippen molar-refractivity contribution >= 4 is 11.8 Å². The lowest BCUT2D eigenvalue weighted by Gasteiger charge is -2.46. The van der Waals surface area contributed by atoms with Crippen molar-refractivity contribution in [1.82, 2.24) is 20.0 Å². The number of carbonyl (C=O) groups excluding carboxylic acids is 2. The zero-order valence-electron chi connectivity index (χ0n) is 16.6. The largest absolute Gasteiger partial charge is 0.378 e. The summed E-state index contributed by atoms with van der Waals surface area (Å²) in [5.74, 6) is 0.00897. The van der Waals surface area contributed by atoms with Gasteiger partial charge in [0.15, 0.2) is 0 Å². The summed E-state index contributed by atoms with van der Waals surface area (Å²) in [6, 6.07) is 1.69. The third-order valence-electron chi connectivity index (χ3n) is 6.05. The first-order valence-corrected chi connectivity index (χ1v) is 10.3. The molecule has 3 saturated heterocycles. The Morgan fingerprint density at radius 2 is 1.90 bits per heavy atom. The Morgan fingerprint density at radius 1 is 1.10 bits per heavy atom. The van der Waals surface area contributed by atoms with Gasteiger partial charge in [-0.15, -0.1) is 0 Å². The van der Waals surface area contributed by atoms with Gasteiger partial charge >= 0.3 is 0 Å². The van der Waals surface area contributed by atoms with Gasteiger partial charge in [-0.05, 0) is 25.3 Å². The molecule has 0 bridgehead atoms. The topological polar surface area (TPSA) is 94.1 Å². The lowest BCUT2D eigenvalue weighted by Crippen LogP contribution is -2.52. The Hall–Kier alpha value is -2.10. The molecule has 3 aliphatic rings. The molecule has 0 saturated carbocycles. The summed E-state index contributed by atoms with van der Waals surface area (Å²) in [6.07, 6.45) is 6.15. The van der Waals surface area contributed by atoms with E-state index >= 15 is 0 Å². The van der Waals surface area contributed by atoms with Crippen molar-refractivity contribution < 1.29 is 23.8 Å². The summed E-state index contributed by atoms with van der Waals surface area (Å²) in [6.45, 7) is 4.47. The Balaban J connectivity index is 1.26. The van der Waals surface area contributed by atoms with Crippen LogP contribution in [0.4, 0.5) is 0 Å². The molecule has 0 aliphatic carbocycles. The van der Waals surface area contributed by atoms with Crippen LogP contribution in [0.2, 0.25) is 0 Å². The van der Waals surface area contributed by atoms with Crippen LogP contribution in [0, 0.1) is 0 Å². The van der Waals surface area contributed by atoms with Gasteiger partial charge < -0.3 is 24.0 Å². The summed E-state index contributed by atoms with van der Waals surface area (Å²) in [7, 11) is 0. The summed E-state index contributed by atoms with van der Waals surface area (Å²) in [4.78, 5) is 28.6. The Bertz CT molecular complexity index is 702. The number of hydrogen-bond donors (Lipinski definition) is 0. The molecule has 9 heteroatoms. The van der Waals surface area contributed by atoms with Crippen LogP contribution in [-0.4, -0.2) is 96.1 Å². The third kappa shape index (κ3) is 4.91. The molecule has 4 rings (SSSR count). The normalized spacial score (nSPS) is 24.5. The molecule has 4 heterocycles. The number of rotatable bonds is 4. The maximum Gasteiger partial charge on any atom is 0.255 e. The van der Waals surface area contributed by atoms with E-state index in [1.165, 1.54) is 12.4 Å². The fraction of sp³-hybridized carbons (Fsp3) is 0.700. The van der Waals surface area contributed by atoms with Crippen LogP contribution in [0.25, 0.3) is 0 Å². The van der Waals surface area contributed by atoms with E-state index in [0.717, 1.165) is 25.7 Å². The second-order valence-electron chi connectivity index (χ2n) is 7.87. The van der Waals surface area contributed by atoms with E-state index in [0.29, 0.717) is 51.6 Å². The van der Waals surface area contributed by atoms with Crippen LogP contribution in [0.1, 0.15) is 36.0 Å². The van der Waals surface area contributed by atoms with Crippen LogP contribution in [0.15, 0.2) is 18.5 Å². The average molecular weight is 404 g/mol. The van der Waals surface area contributed by atoms with Gasteiger partial charge in [0.1, 0.15) is 6.61 Å². The first-order chi connectivity index (χ1) is 14.2. The van der Waals surface area contributed by atoms with Crippen LogP contribution in [0.5, 0.6) is 0 Å². The molecule has 3 aliphatic heterocycles. The monoisotopic (exact) mass is 404 g/mol. The maximum atomic E-state index is 12.6. The SMILES string of the molecule is O=C(COC1CCOC2(CCN(C(=O)c3ccnnc3)CC2)C1)N1CCOCC1. The van der Waals surface area contributed by atoms with Crippen molar-refractivity contribution in [2.45, 2.75) is 37.4 Å². The quantitative estimate of drug-likeness (QED) is 0.722. The molecule has 3 fully saturated rings. The van der Waals surface area contributed by atoms with Gasteiger partial charge in [0.2, 0.25) is 5.91 Å². The van der Waals surface area contributed by atoms with E-state index in [1.807, 2.05) is 4.90 Å². The minimum absolute atomic E-state index is 0.0142. The molecule has 1 aromatic heterocycles. The number of hydrogen-bond acceptors (Lipinski definition) is 7. The highest BCUT2D eigenvalue weighted by atomic mass is 16.5. The highest BCUT2D eigenvalue weighted by Crippen LogP contribution is 2.36. The summed E-state index contributed by atoms with van der Waals surface area (Å²) < 4.78 is 17.4. The Labute approximate surface area is 170 Å². The maximum absolute atomic E-state index is 12.6. The summed E-state index contributed by atoms with van der Waals surface area (Å²) in [5, 5.41) is 7.51. The number of ether oxygens (including phenoxy) is 3. The van der Waals surface area contributed by atoms with Crippen LogP contribution in [-0.2, 0) is 19.0 Å². The first kappa shape index (κ1) is 20.2. The molecule has 1 spiro atoms. The van der Waals surface area contributed by atoms with E-state index in [-0.39, 0.29) is 30.1 Å². The zero-order valence-corrected chi connectivity index (χ0v) is 16.6. The van der Waals surface area contributed by atoms with Crippen molar-refractivity contribution in [3.05, 3.63) is 24.0 Å². The fourth-order valence-electron chi connectivity index (χ4n) is 4.28. The van der Waals surface area contributed by atoms with Crippen LogP contribution in [0.3, 0.4) is 0 Å². The predicted octanol–water partition coefficient (Wildman–Crippen LogP) is 0.506. The standard InChI is InChI=1S/C20H28N4O5/c25-18(23-8-11-27-12-9-23)15-28-17-2-10-29-20(13-17)3-6-24(7-4-20)19(26)16-1-5-21-22-14-16/h1,5,14,17H,2-4,6-13,15H2. The highest BCUT2D eigenvalue weighted by Gasteiger charge is 2.41. The molecular weight excluding hydrogens is 376 g/mol. The van der Waals surface area contributed by atoms with Gasteiger partial charge in [-0.25, -0.2) is 0 Å². The molecule has 9 nitrogen and oxygen atoms in total. The molecule has 29 heavy (non-hydrogen) atoms. The lowest BCUT2D eigenvalue weighted by molar-refractivity contribution is -0.163. The molecule has 0 N–H and O–H groups in total. The van der Waals surface area contributed by atoms with Gasteiger partial charge in [-0.2, -0.15) is 10.2 Å². The zero-order chi connectivity index (χ0) is 20.1. The van der Waals surface area contributed by atoms with E-state index in [9.17, 15) is 9.59 Å². The van der Waals surface area contributed by atoms with Crippen LogP contribution >= 0.6 is 0 Å². The lowest BCUT2D eigenvalue weighted by atomic mass is 9.83. The van der Waals surface area contributed by atoms with Crippen molar-refractivity contribution in [3.8, 4) is 0 Å². The van der Waals surface area contributed by atoms with Gasteiger partial charge in [0.25, 0.3) is 5.91 Å². The molecule has 0 aromatic carbocycles. The number of nitrogens with zero attached hydrogens (tertiary/aromatic N) is 4. The Kier molecular flexibility index (Phi) is 6.37. The van der Waals surface area contributed by atoms with Gasteiger partial charge in [-0.3, -0.25) is 9.59 Å². The van der Waals surface area contributed by atoms with Crippen LogP contribution < -0.4 is 0 Å². The van der Waals surface area contributed by atoms with E-state index in [1.54, 1.807) is 11.0 Å². The third-order valence-corrected chi connectivity index (χ3v) is 6.05. The van der Waals surface area contributed by atoms with Crippen molar-refractivity contribution in [2.75, 3.05) is 52.6 Å². The second-order valence-corrected chi connectivity index (χ2v) is 7.87. The van der Waals surface area contributed by atoms with Gasteiger partial charge in [-0.1, -0.05) is 0 Å². The first-order valence-electron chi connectivity index (χ1n) is 10.3. The number of carbonyl (C=O) groups is 2. The van der Waals surface area contributed by atoms with E-state index in [2.05, 4.69) is 10.2 Å². The Morgan fingerprint density at radius 3 is 2.62 bits per heavy atom. The molecule has 1 atom stereocenters.